The highest BCUT2D eigenvalue weighted by Crippen LogP contribution is 2.46. The van der Waals surface area contributed by atoms with Crippen LogP contribution in [0.25, 0.3) is 11.1 Å². The molecule has 0 aliphatic heterocycles. The summed E-state index contributed by atoms with van der Waals surface area (Å²) in [7, 11) is 3.34. The molecule has 19 heavy (non-hydrogen) atoms. The summed E-state index contributed by atoms with van der Waals surface area (Å²) in [6, 6.07) is 5.90. The van der Waals surface area contributed by atoms with Crippen molar-refractivity contribution in [3.63, 3.8) is 0 Å². The molecule has 0 bridgehead atoms. The lowest BCUT2D eigenvalue weighted by Gasteiger charge is -2.11. The van der Waals surface area contributed by atoms with Crippen molar-refractivity contribution in [2.75, 3.05) is 20.0 Å². The maximum atomic E-state index is 6.21. The Hall–Kier alpha value is -1.68. The number of aryl methyl sites for hydroxylation is 1. The zero-order valence-corrected chi connectivity index (χ0v) is 12.0. The smallest absolute Gasteiger partial charge is 0.130 e. The summed E-state index contributed by atoms with van der Waals surface area (Å²) in [6.45, 7) is 0. The minimum atomic E-state index is 0.797. The second-order valence-electron chi connectivity index (χ2n) is 4.66. The number of anilines is 1. The van der Waals surface area contributed by atoms with Gasteiger partial charge in [0.15, 0.2) is 0 Å². The number of rotatable bonds is 3. The number of hydrogen-bond acceptors (Lipinski definition) is 4. The van der Waals surface area contributed by atoms with Gasteiger partial charge in [0, 0.05) is 22.1 Å². The third kappa shape index (κ3) is 1.96. The lowest BCUT2D eigenvalue weighted by molar-refractivity contribution is 0.395. The maximum Gasteiger partial charge on any atom is 0.130 e. The van der Waals surface area contributed by atoms with Crippen LogP contribution in [0, 0.1) is 0 Å². The number of nitrogen functional groups attached to an aromatic ring is 1. The molecule has 1 aromatic heterocycles. The Kier molecular flexibility index (Phi) is 3.11. The van der Waals surface area contributed by atoms with Gasteiger partial charge in [-0.2, -0.15) is 0 Å². The average molecular weight is 275 g/mol. The van der Waals surface area contributed by atoms with Crippen molar-refractivity contribution in [3.8, 4) is 22.6 Å². The van der Waals surface area contributed by atoms with Crippen LogP contribution < -0.4 is 15.2 Å². The first-order valence-electron chi connectivity index (χ1n) is 6.37. The molecule has 3 rings (SSSR count). The highest BCUT2D eigenvalue weighted by Gasteiger charge is 2.23. The molecule has 0 saturated heterocycles. The van der Waals surface area contributed by atoms with Crippen molar-refractivity contribution in [2.24, 2.45) is 0 Å². The Balaban J connectivity index is 2.17. The standard InChI is InChI=1S/C15H17NO2S/c1-17-9-6-7-10(12(8-9)18-2)14-11-4-3-5-13(11)19-15(14)16/h6-8H,3-5,16H2,1-2H3. The number of thiophene rings is 1. The first kappa shape index (κ1) is 12.4. The van der Waals surface area contributed by atoms with Gasteiger partial charge < -0.3 is 15.2 Å². The van der Waals surface area contributed by atoms with Crippen molar-refractivity contribution >= 4 is 16.3 Å². The lowest BCUT2D eigenvalue weighted by Crippen LogP contribution is -1.93. The predicted octanol–water partition coefficient (Wildman–Crippen LogP) is 3.50. The molecule has 0 fully saturated rings. The first-order chi connectivity index (χ1) is 9.24. The van der Waals surface area contributed by atoms with Gasteiger partial charge in [-0.05, 0) is 37.0 Å². The van der Waals surface area contributed by atoms with Crippen molar-refractivity contribution in [2.45, 2.75) is 19.3 Å². The van der Waals surface area contributed by atoms with Crippen molar-refractivity contribution in [3.05, 3.63) is 28.6 Å². The zero-order valence-electron chi connectivity index (χ0n) is 11.2. The molecule has 1 heterocycles. The molecule has 0 radical (unpaired) electrons. The SMILES string of the molecule is COc1ccc(-c2c(N)sc3c2CCC3)c(OC)c1. The lowest BCUT2D eigenvalue weighted by atomic mass is 10.0. The molecule has 0 unspecified atom stereocenters. The fourth-order valence-electron chi connectivity index (χ4n) is 2.73. The van der Waals surface area contributed by atoms with E-state index in [4.69, 9.17) is 15.2 Å². The van der Waals surface area contributed by atoms with Crippen molar-refractivity contribution in [1.82, 2.24) is 0 Å². The second kappa shape index (κ2) is 4.78. The van der Waals surface area contributed by atoms with E-state index >= 15 is 0 Å². The molecule has 0 amide bonds. The summed E-state index contributed by atoms with van der Waals surface area (Å²) in [5.41, 5.74) is 9.85. The normalized spacial score (nSPS) is 13.4. The maximum absolute atomic E-state index is 6.21. The van der Waals surface area contributed by atoms with Crippen molar-refractivity contribution in [1.29, 1.82) is 0 Å². The first-order valence-corrected chi connectivity index (χ1v) is 7.18. The van der Waals surface area contributed by atoms with E-state index in [2.05, 4.69) is 0 Å². The topological polar surface area (TPSA) is 44.5 Å². The molecule has 0 saturated carbocycles. The van der Waals surface area contributed by atoms with Gasteiger partial charge in [-0.25, -0.2) is 0 Å². The molecule has 100 valence electrons. The molecule has 1 aromatic carbocycles. The molecule has 1 aliphatic carbocycles. The number of hydrogen-bond donors (Lipinski definition) is 1. The summed E-state index contributed by atoms with van der Waals surface area (Å²) in [6.07, 6.45) is 3.50. The summed E-state index contributed by atoms with van der Waals surface area (Å²) < 4.78 is 10.7. The van der Waals surface area contributed by atoms with E-state index in [1.807, 2.05) is 18.2 Å². The van der Waals surface area contributed by atoms with Gasteiger partial charge in [-0.3, -0.25) is 0 Å². The van der Waals surface area contributed by atoms with Crippen LogP contribution in [0.2, 0.25) is 0 Å². The van der Waals surface area contributed by atoms with Crippen LogP contribution in [0.3, 0.4) is 0 Å². The van der Waals surface area contributed by atoms with E-state index in [1.54, 1.807) is 25.6 Å². The van der Waals surface area contributed by atoms with Crippen LogP contribution in [0.15, 0.2) is 18.2 Å². The second-order valence-corrected chi connectivity index (χ2v) is 5.80. The third-order valence-corrected chi connectivity index (χ3v) is 4.75. The van der Waals surface area contributed by atoms with Crippen LogP contribution >= 0.6 is 11.3 Å². The largest absolute Gasteiger partial charge is 0.497 e. The van der Waals surface area contributed by atoms with Gasteiger partial charge in [0.1, 0.15) is 11.5 Å². The fraction of sp³-hybridized carbons (Fsp3) is 0.333. The van der Waals surface area contributed by atoms with Crippen LogP contribution in [0.4, 0.5) is 5.00 Å². The molecule has 1 aliphatic rings. The Morgan fingerprint density at radius 1 is 1.16 bits per heavy atom. The quantitative estimate of drug-likeness (QED) is 0.932. The van der Waals surface area contributed by atoms with Gasteiger partial charge in [0.25, 0.3) is 0 Å². The third-order valence-electron chi connectivity index (χ3n) is 3.63. The summed E-state index contributed by atoms with van der Waals surface area (Å²) in [5.74, 6) is 1.62. The molecule has 2 aromatic rings. The van der Waals surface area contributed by atoms with E-state index in [0.717, 1.165) is 40.5 Å². The molecule has 3 nitrogen and oxygen atoms in total. The summed E-state index contributed by atoms with van der Waals surface area (Å²) in [5, 5.41) is 0.896. The van der Waals surface area contributed by atoms with Gasteiger partial charge in [0.05, 0.1) is 19.2 Å². The molecule has 0 atom stereocenters. The molecule has 0 spiro atoms. The Labute approximate surface area is 117 Å². The highest BCUT2D eigenvalue weighted by molar-refractivity contribution is 7.16. The van der Waals surface area contributed by atoms with Gasteiger partial charge in [-0.15, -0.1) is 11.3 Å². The zero-order chi connectivity index (χ0) is 13.4. The monoisotopic (exact) mass is 275 g/mol. The number of benzene rings is 1. The average Bonchev–Trinajstić information content (AvgIpc) is 2.98. The van der Waals surface area contributed by atoms with Gasteiger partial charge >= 0.3 is 0 Å². The highest BCUT2D eigenvalue weighted by atomic mass is 32.1. The molecular weight excluding hydrogens is 258 g/mol. The molecular formula is C15H17NO2S. The van der Waals surface area contributed by atoms with Crippen LogP contribution in [-0.2, 0) is 12.8 Å². The van der Waals surface area contributed by atoms with Gasteiger partial charge in [0.2, 0.25) is 0 Å². The molecule has 2 N–H and O–H groups in total. The Morgan fingerprint density at radius 3 is 2.74 bits per heavy atom. The Morgan fingerprint density at radius 2 is 2.00 bits per heavy atom. The van der Waals surface area contributed by atoms with E-state index in [-0.39, 0.29) is 0 Å². The molecule has 4 heteroatoms. The summed E-state index contributed by atoms with van der Waals surface area (Å²) in [4.78, 5) is 1.44. The summed E-state index contributed by atoms with van der Waals surface area (Å²) >= 11 is 1.72. The van der Waals surface area contributed by atoms with E-state index in [1.165, 1.54) is 16.9 Å². The number of fused-ring (bicyclic) bond motifs is 1. The fourth-order valence-corrected chi connectivity index (χ4v) is 3.90. The van der Waals surface area contributed by atoms with E-state index in [0.29, 0.717) is 0 Å². The van der Waals surface area contributed by atoms with Crippen LogP contribution in [0.1, 0.15) is 16.9 Å². The van der Waals surface area contributed by atoms with Crippen LogP contribution in [0.5, 0.6) is 11.5 Å². The predicted molar refractivity (Wildman–Crippen MR) is 79.3 cm³/mol. The minimum Gasteiger partial charge on any atom is -0.497 e. The number of nitrogens with two attached hydrogens (primary N) is 1. The van der Waals surface area contributed by atoms with E-state index in [9.17, 15) is 0 Å². The number of ether oxygens (including phenoxy) is 2. The van der Waals surface area contributed by atoms with Gasteiger partial charge in [-0.1, -0.05) is 0 Å². The Bertz CT molecular complexity index is 619. The van der Waals surface area contributed by atoms with Crippen LogP contribution in [-0.4, -0.2) is 14.2 Å². The van der Waals surface area contributed by atoms with E-state index < -0.39 is 0 Å². The minimum absolute atomic E-state index is 0.797. The van der Waals surface area contributed by atoms with Crippen molar-refractivity contribution < 1.29 is 9.47 Å². The number of methoxy groups -OCH3 is 2.